The number of esters is 1. The van der Waals surface area contributed by atoms with E-state index in [-0.39, 0.29) is 0 Å². The lowest BCUT2D eigenvalue weighted by molar-refractivity contribution is -0.163. The van der Waals surface area contributed by atoms with Crippen molar-refractivity contribution in [2.24, 2.45) is 5.92 Å². The van der Waals surface area contributed by atoms with E-state index in [1.54, 1.807) is 39.8 Å². The fourth-order valence-corrected chi connectivity index (χ4v) is 1.23. The van der Waals surface area contributed by atoms with Crippen molar-refractivity contribution >= 4 is 5.97 Å². The third-order valence-electron chi connectivity index (χ3n) is 2.09. The second kappa shape index (κ2) is 4.70. The van der Waals surface area contributed by atoms with Gasteiger partial charge in [-0.15, -0.1) is 0 Å². The molecule has 0 spiro atoms. The molecule has 16 heavy (non-hydrogen) atoms. The molecule has 1 N–H and O–H groups in total. The molecule has 0 aliphatic heterocycles. The summed E-state index contributed by atoms with van der Waals surface area (Å²) < 4.78 is 10.2. The smallest absolute Gasteiger partial charge is 0.312 e. The Kier molecular flexibility index (Phi) is 3.75. The van der Waals surface area contributed by atoms with Crippen LogP contribution >= 0.6 is 0 Å². The molecule has 4 heteroatoms. The third kappa shape index (κ3) is 3.38. The Morgan fingerprint density at radius 2 is 2.12 bits per heavy atom. The number of rotatable bonds is 3. The zero-order valence-corrected chi connectivity index (χ0v) is 10.1. The minimum Gasteiger partial charge on any atom is -0.467 e. The first kappa shape index (κ1) is 12.8. The van der Waals surface area contributed by atoms with Gasteiger partial charge in [-0.2, -0.15) is 0 Å². The highest BCUT2D eigenvalue weighted by molar-refractivity contribution is 5.73. The van der Waals surface area contributed by atoms with Crippen molar-refractivity contribution in [3.8, 4) is 0 Å². The number of carbonyl (C=O) groups is 1. The minimum absolute atomic E-state index is 0.373. The van der Waals surface area contributed by atoms with Gasteiger partial charge in [-0.3, -0.25) is 4.79 Å². The highest BCUT2D eigenvalue weighted by Gasteiger charge is 2.29. The van der Waals surface area contributed by atoms with E-state index in [0.717, 1.165) is 0 Å². The molecular formula is C12H18O4. The summed E-state index contributed by atoms with van der Waals surface area (Å²) in [6.07, 6.45) is 0.491. The standard InChI is InChI=1S/C12H18O4/c1-8(11(14)16-12(2,3)4)10(13)9-6-5-7-15-9/h5-8,10,13H,1-4H3/t8-,10+/m1/s1. The highest BCUT2D eigenvalue weighted by atomic mass is 16.6. The predicted molar refractivity (Wildman–Crippen MR) is 58.7 cm³/mol. The summed E-state index contributed by atoms with van der Waals surface area (Å²) in [6, 6.07) is 3.30. The van der Waals surface area contributed by atoms with Crippen LogP contribution in [0.25, 0.3) is 0 Å². The van der Waals surface area contributed by atoms with Gasteiger partial charge in [-0.1, -0.05) is 0 Å². The maximum Gasteiger partial charge on any atom is 0.312 e. The molecule has 0 bridgehead atoms. The molecule has 0 aliphatic carbocycles. The molecule has 0 saturated carbocycles. The van der Waals surface area contributed by atoms with Crippen LogP contribution in [0.3, 0.4) is 0 Å². The van der Waals surface area contributed by atoms with Crippen molar-refractivity contribution in [3.05, 3.63) is 24.2 Å². The van der Waals surface area contributed by atoms with Gasteiger partial charge in [0.05, 0.1) is 12.2 Å². The SMILES string of the molecule is C[C@@H](C(=O)OC(C)(C)C)[C@H](O)c1ccco1. The first-order valence-corrected chi connectivity index (χ1v) is 5.25. The number of aliphatic hydroxyl groups excluding tert-OH is 1. The summed E-state index contributed by atoms with van der Waals surface area (Å²) >= 11 is 0. The van der Waals surface area contributed by atoms with Gasteiger partial charge in [-0.05, 0) is 39.8 Å². The molecule has 0 aliphatic rings. The summed E-state index contributed by atoms with van der Waals surface area (Å²) in [5.74, 6) is -0.708. The molecule has 0 unspecified atom stereocenters. The molecule has 0 amide bonds. The Hall–Kier alpha value is -1.29. The van der Waals surface area contributed by atoms with Gasteiger partial charge in [-0.25, -0.2) is 0 Å². The van der Waals surface area contributed by atoms with Crippen LogP contribution < -0.4 is 0 Å². The molecule has 1 aromatic heterocycles. The summed E-state index contributed by atoms with van der Waals surface area (Å²) in [4.78, 5) is 11.7. The first-order chi connectivity index (χ1) is 7.31. The normalized spacial score (nSPS) is 15.6. The average Bonchev–Trinajstić information content (AvgIpc) is 2.65. The van der Waals surface area contributed by atoms with E-state index in [0.29, 0.717) is 5.76 Å². The van der Waals surface area contributed by atoms with Gasteiger partial charge in [0.2, 0.25) is 0 Å². The number of carbonyl (C=O) groups excluding carboxylic acids is 1. The molecule has 0 aromatic carbocycles. The highest BCUT2D eigenvalue weighted by Crippen LogP contribution is 2.24. The minimum atomic E-state index is -0.968. The quantitative estimate of drug-likeness (QED) is 0.803. The molecular weight excluding hydrogens is 208 g/mol. The van der Waals surface area contributed by atoms with Gasteiger partial charge < -0.3 is 14.3 Å². The predicted octanol–water partition coefficient (Wildman–Crippen LogP) is 2.29. The van der Waals surface area contributed by atoms with E-state index in [1.165, 1.54) is 6.26 Å². The molecule has 2 atom stereocenters. The summed E-state index contributed by atoms with van der Waals surface area (Å²) in [7, 11) is 0. The van der Waals surface area contributed by atoms with Crippen LogP contribution in [0.5, 0.6) is 0 Å². The van der Waals surface area contributed by atoms with Crippen LogP contribution in [-0.2, 0) is 9.53 Å². The van der Waals surface area contributed by atoms with E-state index in [2.05, 4.69) is 0 Å². The molecule has 1 aromatic rings. The van der Waals surface area contributed by atoms with E-state index >= 15 is 0 Å². The van der Waals surface area contributed by atoms with Crippen LogP contribution in [0.1, 0.15) is 39.6 Å². The van der Waals surface area contributed by atoms with Gasteiger partial charge in [0.15, 0.2) is 0 Å². The Balaban J connectivity index is 2.64. The fraction of sp³-hybridized carbons (Fsp3) is 0.583. The van der Waals surface area contributed by atoms with E-state index in [1.807, 2.05) is 0 Å². The number of hydrogen-bond donors (Lipinski definition) is 1. The maximum atomic E-state index is 11.7. The maximum absolute atomic E-state index is 11.7. The van der Waals surface area contributed by atoms with Crippen molar-refractivity contribution in [2.45, 2.75) is 39.4 Å². The lowest BCUT2D eigenvalue weighted by atomic mass is 10.0. The van der Waals surface area contributed by atoms with Crippen molar-refractivity contribution in [1.82, 2.24) is 0 Å². The summed E-state index contributed by atoms with van der Waals surface area (Å²) in [5, 5.41) is 9.85. The average molecular weight is 226 g/mol. The Morgan fingerprint density at radius 3 is 2.56 bits per heavy atom. The number of aliphatic hydroxyl groups is 1. The first-order valence-electron chi connectivity index (χ1n) is 5.25. The second-order valence-electron chi connectivity index (χ2n) is 4.78. The Morgan fingerprint density at radius 1 is 1.50 bits per heavy atom. The molecule has 90 valence electrons. The lowest BCUT2D eigenvalue weighted by Crippen LogP contribution is -2.30. The number of ether oxygens (including phenoxy) is 1. The largest absolute Gasteiger partial charge is 0.467 e. The topological polar surface area (TPSA) is 59.7 Å². The number of hydrogen-bond acceptors (Lipinski definition) is 4. The van der Waals surface area contributed by atoms with Gasteiger partial charge in [0, 0.05) is 0 Å². The molecule has 4 nitrogen and oxygen atoms in total. The second-order valence-corrected chi connectivity index (χ2v) is 4.78. The molecule has 0 fully saturated rings. The monoisotopic (exact) mass is 226 g/mol. The van der Waals surface area contributed by atoms with Crippen LogP contribution in [0.15, 0.2) is 22.8 Å². The number of furan rings is 1. The van der Waals surface area contributed by atoms with Gasteiger partial charge in [0.25, 0.3) is 0 Å². The van der Waals surface area contributed by atoms with Crippen molar-refractivity contribution in [2.75, 3.05) is 0 Å². The Labute approximate surface area is 95.2 Å². The molecule has 1 rings (SSSR count). The van der Waals surface area contributed by atoms with Gasteiger partial charge in [0.1, 0.15) is 17.5 Å². The molecule has 0 saturated heterocycles. The molecule has 0 radical (unpaired) electrons. The van der Waals surface area contributed by atoms with Gasteiger partial charge >= 0.3 is 5.97 Å². The van der Waals surface area contributed by atoms with Crippen molar-refractivity contribution in [1.29, 1.82) is 0 Å². The van der Waals surface area contributed by atoms with E-state index in [4.69, 9.17) is 9.15 Å². The van der Waals surface area contributed by atoms with Crippen LogP contribution in [0, 0.1) is 5.92 Å². The van der Waals surface area contributed by atoms with Crippen LogP contribution in [-0.4, -0.2) is 16.7 Å². The van der Waals surface area contributed by atoms with Crippen molar-refractivity contribution < 1.29 is 19.1 Å². The third-order valence-corrected chi connectivity index (χ3v) is 2.09. The van der Waals surface area contributed by atoms with Crippen LogP contribution in [0.4, 0.5) is 0 Å². The summed E-state index contributed by atoms with van der Waals surface area (Å²) in [5.41, 5.74) is -0.547. The van der Waals surface area contributed by atoms with E-state index in [9.17, 15) is 9.90 Å². The fourth-order valence-electron chi connectivity index (χ4n) is 1.23. The summed E-state index contributed by atoms with van der Waals surface area (Å²) in [6.45, 7) is 6.98. The Bertz CT molecular complexity index is 334. The van der Waals surface area contributed by atoms with Crippen LogP contribution in [0.2, 0.25) is 0 Å². The lowest BCUT2D eigenvalue weighted by Gasteiger charge is -2.23. The zero-order valence-electron chi connectivity index (χ0n) is 10.1. The van der Waals surface area contributed by atoms with Crippen molar-refractivity contribution in [3.63, 3.8) is 0 Å². The molecule has 1 heterocycles. The van der Waals surface area contributed by atoms with E-state index < -0.39 is 23.6 Å². The zero-order chi connectivity index (χ0) is 12.3.